The quantitative estimate of drug-likeness (QED) is 0.785. The highest BCUT2D eigenvalue weighted by atomic mass is 32.2. The van der Waals surface area contributed by atoms with Gasteiger partial charge in [0, 0.05) is 26.4 Å². The molecule has 1 atom stereocenters. The molecule has 1 aliphatic rings. The molecule has 1 aromatic carbocycles. The summed E-state index contributed by atoms with van der Waals surface area (Å²) in [5.41, 5.74) is 0.519. The van der Waals surface area contributed by atoms with E-state index >= 15 is 0 Å². The van der Waals surface area contributed by atoms with Crippen molar-refractivity contribution in [1.29, 1.82) is 0 Å². The molecule has 1 aliphatic heterocycles. The van der Waals surface area contributed by atoms with Crippen LogP contribution in [0.4, 0.5) is 5.69 Å². The molecule has 0 bridgehead atoms. The summed E-state index contributed by atoms with van der Waals surface area (Å²) in [4.78, 5) is 0.587. The molecule has 7 heteroatoms. The third-order valence-corrected chi connectivity index (χ3v) is 5.85. The maximum absolute atomic E-state index is 12.1. The van der Waals surface area contributed by atoms with Gasteiger partial charge >= 0.3 is 10.2 Å². The number of benzene rings is 1. The van der Waals surface area contributed by atoms with E-state index in [0.717, 1.165) is 4.31 Å². The first-order chi connectivity index (χ1) is 7.94. The Bertz CT molecular complexity index is 554. The van der Waals surface area contributed by atoms with Crippen LogP contribution in [-0.4, -0.2) is 43.3 Å². The lowest BCUT2D eigenvalue weighted by Gasteiger charge is -2.31. The first-order valence-corrected chi connectivity index (χ1v) is 7.84. The summed E-state index contributed by atoms with van der Waals surface area (Å²) < 4.78 is 38.5. The summed E-state index contributed by atoms with van der Waals surface area (Å²) in [5.74, 6) is 0.337. The van der Waals surface area contributed by atoms with Crippen molar-refractivity contribution in [3.63, 3.8) is 0 Å². The van der Waals surface area contributed by atoms with Crippen LogP contribution >= 0.6 is 0 Å². The predicted molar refractivity (Wildman–Crippen MR) is 67.7 cm³/mol. The average molecular weight is 274 g/mol. The zero-order valence-corrected chi connectivity index (χ0v) is 11.3. The van der Waals surface area contributed by atoms with Gasteiger partial charge < -0.3 is 0 Å². The van der Waals surface area contributed by atoms with E-state index in [2.05, 4.69) is 0 Å². The van der Waals surface area contributed by atoms with Gasteiger partial charge in [0.1, 0.15) is 0 Å². The van der Waals surface area contributed by atoms with Gasteiger partial charge in [0.2, 0.25) is 0 Å². The van der Waals surface area contributed by atoms with Gasteiger partial charge in [0.25, 0.3) is 0 Å². The maximum Gasteiger partial charge on any atom is 0.303 e. The van der Waals surface area contributed by atoms with E-state index in [-0.39, 0.29) is 6.54 Å². The standard InChI is InChI=1S/C10H14N2O3S2/c1-11(2)17(14,15)12-7-8-16(13)10-6-4-3-5-9(10)12/h3-6H,7-8H2,1-2H3. The van der Waals surface area contributed by atoms with Crippen LogP contribution in [0.2, 0.25) is 0 Å². The highest BCUT2D eigenvalue weighted by Crippen LogP contribution is 2.30. The van der Waals surface area contributed by atoms with E-state index in [1.165, 1.54) is 18.4 Å². The molecular formula is C10H14N2O3S2. The topological polar surface area (TPSA) is 57.7 Å². The van der Waals surface area contributed by atoms with Crippen molar-refractivity contribution >= 4 is 26.7 Å². The molecule has 1 unspecified atom stereocenters. The first kappa shape index (κ1) is 12.5. The minimum Gasteiger partial charge on any atom is -0.256 e. The van der Waals surface area contributed by atoms with E-state index in [1.807, 2.05) is 0 Å². The molecule has 0 N–H and O–H groups in total. The minimum atomic E-state index is -3.50. The molecule has 94 valence electrons. The van der Waals surface area contributed by atoms with Crippen LogP contribution in [0.1, 0.15) is 0 Å². The maximum atomic E-state index is 12.1. The molecule has 17 heavy (non-hydrogen) atoms. The average Bonchev–Trinajstić information content (AvgIpc) is 2.29. The monoisotopic (exact) mass is 274 g/mol. The van der Waals surface area contributed by atoms with E-state index in [9.17, 15) is 12.6 Å². The Morgan fingerprint density at radius 1 is 1.29 bits per heavy atom. The molecule has 2 rings (SSSR count). The van der Waals surface area contributed by atoms with Gasteiger partial charge in [-0.1, -0.05) is 12.1 Å². The zero-order chi connectivity index (χ0) is 12.6. The number of nitrogens with zero attached hydrogens (tertiary/aromatic N) is 2. The molecule has 1 heterocycles. The van der Waals surface area contributed by atoms with Crippen molar-refractivity contribution in [2.75, 3.05) is 30.7 Å². The van der Waals surface area contributed by atoms with E-state index in [1.54, 1.807) is 24.3 Å². The Morgan fingerprint density at radius 2 is 1.94 bits per heavy atom. The number of fused-ring (bicyclic) bond motifs is 1. The lowest BCUT2D eigenvalue weighted by atomic mass is 10.3. The molecule has 0 aromatic heterocycles. The van der Waals surface area contributed by atoms with Gasteiger partial charge in [0.05, 0.1) is 21.4 Å². The zero-order valence-electron chi connectivity index (χ0n) is 9.66. The lowest BCUT2D eigenvalue weighted by Crippen LogP contribution is -2.44. The Balaban J connectivity index is 2.55. The Labute approximate surface area is 104 Å². The van der Waals surface area contributed by atoms with Crippen molar-refractivity contribution in [3.05, 3.63) is 24.3 Å². The summed E-state index contributed by atoms with van der Waals surface area (Å²) in [6.07, 6.45) is 0. The summed E-state index contributed by atoms with van der Waals surface area (Å²) in [5, 5.41) is 0. The number of para-hydroxylation sites is 1. The summed E-state index contributed by atoms with van der Waals surface area (Å²) >= 11 is 0. The van der Waals surface area contributed by atoms with Crippen LogP contribution in [0, 0.1) is 0 Å². The van der Waals surface area contributed by atoms with Crippen LogP contribution in [0.3, 0.4) is 0 Å². The molecule has 0 radical (unpaired) electrons. The van der Waals surface area contributed by atoms with Gasteiger partial charge in [-0.3, -0.25) is 8.51 Å². The highest BCUT2D eigenvalue weighted by molar-refractivity contribution is 7.91. The second-order valence-electron chi connectivity index (χ2n) is 3.88. The fourth-order valence-corrected chi connectivity index (χ4v) is 4.20. The van der Waals surface area contributed by atoms with Crippen molar-refractivity contribution in [1.82, 2.24) is 4.31 Å². The lowest BCUT2D eigenvalue weighted by molar-refractivity contribution is 0.516. The smallest absolute Gasteiger partial charge is 0.256 e. The van der Waals surface area contributed by atoms with Crippen LogP contribution in [0.25, 0.3) is 0 Å². The predicted octanol–water partition coefficient (Wildman–Crippen LogP) is 0.421. The summed E-state index contributed by atoms with van der Waals surface area (Å²) in [6, 6.07) is 6.91. The van der Waals surface area contributed by atoms with E-state index < -0.39 is 21.0 Å². The van der Waals surface area contributed by atoms with E-state index in [0.29, 0.717) is 16.3 Å². The van der Waals surface area contributed by atoms with Crippen molar-refractivity contribution in [2.24, 2.45) is 0 Å². The Kier molecular flexibility index (Phi) is 3.24. The third-order valence-electron chi connectivity index (χ3n) is 2.60. The second kappa shape index (κ2) is 4.40. The van der Waals surface area contributed by atoms with Gasteiger partial charge in [-0.05, 0) is 12.1 Å². The normalized spacial score (nSPS) is 20.4. The molecule has 1 aromatic rings. The van der Waals surface area contributed by atoms with Crippen LogP contribution < -0.4 is 4.31 Å². The summed E-state index contributed by atoms with van der Waals surface area (Å²) in [6.45, 7) is 0.254. The molecule has 0 saturated carbocycles. The molecule has 0 aliphatic carbocycles. The first-order valence-electron chi connectivity index (χ1n) is 5.12. The van der Waals surface area contributed by atoms with Gasteiger partial charge in [0.15, 0.2) is 0 Å². The third kappa shape index (κ3) is 2.10. The molecule has 0 amide bonds. The fourth-order valence-electron chi connectivity index (χ4n) is 1.69. The Hall–Kier alpha value is -0.920. The van der Waals surface area contributed by atoms with E-state index in [4.69, 9.17) is 0 Å². The van der Waals surface area contributed by atoms with Crippen molar-refractivity contribution in [2.45, 2.75) is 4.90 Å². The summed E-state index contributed by atoms with van der Waals surface area (Å²) in [7, 11) is -1.63. The Morgan fingerprint density at radius 3 is 2.59 bits per heavy atom. The number of rotatable bonds is 2. The van der Waals surface area contributed by atoms with Gasteiger partial charge in [-0.25, -0.2) is 0 Å². The van der Waals surface area contributed by atoms with Crippen LogP contribution in [-0.2, 0) is 21.0 Å². The molecule has 0 saturated heterocycles. The minimum absolute atomic E-state index is 0.254. The van der Waals surface area contributed by atoms with Crippen molar-refractivity contribution < 1.29 is 12.6 Å². The number of anilines is 1. The van der Waals surface area contributed by atoms with Gasteiger partial charge in [-0.15, -0.1) is 0 Å². The van der Waals surface area contributed by atoms with Crippen LogP contribution in [0.5, 0.6) is 0 Å². The molecule has 0 spiro atoms. The largest absolute Gasteiger partial charge is 0.303 e. The van der Waals surface area contributed by atoms with Crippen molar-refractivity contribution in [3.8, 4) is 0 Å². The molecule has 0 fully saturated rings. The second-order valence-corrected chi connectivity index (χ2v) is 7.49. The fraction of sp³-hybridized carbons (Fsp3) is 0.400. The highest BCUT2D eigenvalue weighted by Gasteiger charge is 2.31. The molecular weight excluding hydrogens is 260 g/mol. The SMILES string of the molecule is CN(C)S(=O)(=O)N1CCS(=O)c2ccccc21. The van der Waals surface area contributed by atoms with Crippen LogP contribution in [0.15, 0.2) is 29.2 Å². The number of hydrogen-bond acceptors (Lipinski definition) is 3. The van der Waals surface area contributed by atoms with Gasteiger partial charge in [-0.2, -0.15) is 12.7 Å². The molecule has 5 nitrogen and oxygen atoms in total. The number of hydrogen-bond donors (Lipinski definition) is 0.